The molecule has 0 aliphatic heterocycles. The molecule has 2 aromatic carbocycles. The maximum absolute atomic E-state index is 12.7. The van der Waals surface area contributed by atoms with Gasteiger partial charge in [-0.3, -0.25) is 4.79 Å². The standard InChI is InChI=1S/C25H28N4O/c1-18-8-6-9-19(14-18)23-16-24(27-17-26-23)28-22-13-7-10-20(15-22)25(30)29-21-11-4-2-3-5-12-21/h6-10,13-17,21H,2-5,11-12H2,1H3,(H,29,30)(H,26,27,28). The van der Waals surface area contributed by atoms with Crippen LogP contribution in [0.3, 0.4) is 0 Å². The molecular formula is C25H28N4O. The summed E-state index contributed by atoms with van der Waals surface area (Å²) < 4.78 is 0. The molecule has 0 atom stereocenters. The van der Waals surface area contributed by atoms with Crippen LogP contribution in [0, 0.1) is 6.92 Å². The summed E-state index contributed by atoms with van der Waals surface area (Å²) in [5, 5.41) is 6.52. The minimum absolute atomic E-state index is 0.00585. The maximum Gasteiger partial charge on any atom is 0.251 e. The predicted octanol–water partition coefficient (Wildman–Crippen LogP) is 5.65. The van der Waals surface area contributed by atoms with E-state index in [0.717, 1.165) is 29.8 Å². The summed E-state index contributed by atoms with van der Waals surface area (Å²) in [7, 11) is 0. The zero-order chi connectivity index (χ0) is 20.8. The number of carbonyl (C=O) groups excluding carboxylic acids is 1. The van der Waals surface area contributed by atoms with Crippen molar-refractivity contribution in [3.05, 3.63) is 72.1 Å². The lowest BCUT2D eigenvalue weighted by atomic mass is 10.1. The number of rotatable bonds is 5. The maximum atomic E-state index is 12.7. The van der Waals surface area contributed by atoms with Gasteiger partial charge in [-0.2, -0.15) is 0 Å². The van der Waals surface area contributed by atoms with Gasteiger partial charge in [-0.05, 0) is 44.0 Å². The van der Waals surface area contributed by atoms with Crippen LogP contribution in [-0.4, -0.2) is 21.9 Å². The Bertz CT molecular complexity index is 1010. The second-order valence-electron chi connectivity index (χ2n) is 8.03. The third-order valence-electron chi connectivity index (χ3n) is 5.57. The molecule has 2 N–H and O–H groups in total. The van der Waals surface area contributed by atoms with E-state index >= 15 is 0 Å². The molecule has 5 nitrogen and oxygen atoms in total. The Balaban J connectivity index is 1.46. The van der Waals surface area contributed by atoms with E-state index in [1.165, 1.54) is 31.2 Å². The van der Waals surface area contributed by atoms with Crippen molar-refractivity contribution in [2.75, 3.05) is 5.32 Å². The van der Waals surface area contributed by atoms with Crippen molar-refractivity contribution in [3.63, 3.8) is 0 Å². The number of nitrogens with one attached hydrogen (secondary N) is 2. The van der Waals surface area contributed by atoms with Crippen molar-refractivity contribution in [3.8, 4) is 11.3 Å². The van der Waals surface area contributed by atoms with E-state index < -0.39 is 0 Å². The smallest absolute Gasteiger partial charge is 0.251 e. The molecular weight excluding hydrogens is 372 g/mol. The van der Waals surface area contributed by atoms with Crippen LogP contribution in [0.5, 0.6) is 0 Å². The first-order valence-corrected chi connectivity index (χ1v) is 10.7. The fraction of sp³-hybridized carbons (Fsp3) is 0.320. The van der Waals surface area contributed by atoms with Gasteiger partial charge in [-0.15, -0.1) is 0 Å². The fourth-order valence-corrected chi connectivity index (χ4v) is 3.97. The molecule has 154 valence electrons. The summed E-state index contributed by atoms with van der Waals surface area (Å²) in [4.78, 5) is 21.5. The van der Waals surface area contributed by atoms with Crippen LogP contribution in [0.2, 0.25) is 0 Å². The van der Waals surface area contributed by atoms with Crippen molar-refractivity contribution in [1.82, 2.24) is 15.3 Å². The van der Waals surface area contributed by atoms with E-state index in [1.54, 1.807) is 6.33 Å². The Hall–Kier alpha value is -3.21. The van der Waals surface area contributed by atoms with Crippen LogP contribution in [0.15, 0.2) is 60.9 Å². The summed E-state index contributed by atoms with van der Waals surface area (Å²) in [6, 6.07) is 18.0. The second kappa shape index (κ2) is 9.53. The van der Waals surface area contributed by atoms with Crippen LogP contribution < -0.4 is 10.6 Å². The molecule has 30 heavy (non-hydrogen) atoms. The number of amides is 1. The van der Waals surface area contributed by atoms with Crippen molar-refractivity contribution in [1.29, 1.82) is 0 Å². The minimum Gasteiger partial charge on any atom is -0.349 e. The van der Waals surface area contributed by atoms with Crippen molar-refractivity contribution in [2.24, 2.45) is 0 Å². The molecule has 4 rings (SSSR count). The number of aryl methyl sites for hydroxylation is 1. The van der Waals surface area contributed by atoms with Crippen molar-refractivity contribution < 1.29 is 4.79 Å². The van der Waals surface area contributed by atoms with Crippen LogP contribution >= 0.6 is 0 Å². The minimum atomic E-state index is -0.00585. The van der Waals surface area contributed by atoms with Crippen molar-refractivity contribution in [2.45, 2.75) is 51.5 Å². The molecule has 1 amide bonds. The molecule has 1 saturated carbocycles. The number of nitrogens with zero attached hydrogens (tertiary/aromatic N) is 2. The molecule has 1 aliphatic rings. The van der Waals surface area contributed by atoms with Gasteiger partial charge >= 0.3 is 0 Å². The molecule has 0 bridgehead atoms. The normalized spacial score (nSPS) is 14.7. The largest absolute Gasteiger partial charge is 0.349 e. The predicted molar refractivity (Wildman–Crippen MR) is 121 cm³/mol. The highest BCUT2D eigenvalue weighted by atomic mass is 16.1. The molecule has 1 heterocycles. The fourth-order valence-electron chi connectivity index (χ4n) is 3.97. The Morgan fingerprint density at radius 3 is 2.53 bits per heavy atom. The molecule has 0 radical (unpaired) electrons. The van der Waals surface area contributed by atoms with Gasteiger partial charge < -0.3 is 10.6 Å². The lowest BCUT2D eigenvalue weighted by Gasteiger charge is -2.16. The summed E-state index contributed by atoms with van der Waals surface area (Å²) in [6.07, 6.45) is 8.65. The van der Waals surface area contributed by atoms with Gasteiger partial charge in [0.2, 0.25) is 0 Å². The lowest BCUT2D eigenvalue weighted by Crippen LogP contribution is -2.34. The molecule has 0 saturated heterocycles. The number of carbonyl (C=O) groups is 1. The Kier molecular flexibility index (Phi) is 6.38. The molecule has 1 fully saturated rings. The van der Waals surface area contributed by atoms with Gasteiger partial charge in [0, 0.05) is 28.9 Å². The zero-order valence-corrected chi connectivity index (χ0v) is 17.4. The number of hydrogen-bond acceptors (Lipinski definition) is 4. The molecule has 0 spiro atoms. The summed E-state index contributed by atoms with van der Waals surface area (Å²) in [6.45, 7) is 2.06. The molecule has 1 aromatic heterocycles. The van der Waals surface area contributed by atoms with Crippen LogP contribution in [0.4, 0.5) is 11.5 Å². The number of aromatic nitrogens is 2. The zero-order valence-electron chi connectivity index (χ0n) is 17.4. The van der Waals surface area contributed by atoms with Crippen LogP contribution in [0.1, 0.15) is 54.4 Å². The van der Waals surface area contributed by atoms with E-state index in [1.807, 2.05) is 42.5 Å². The Morgan fingerprint density at radius 1 is 0.933 bits per heavy atom. The number of benzene rings is 2. The third kappa shape index (κ3) is 5.23. The van der Waals surface area contributed by atoms with Crippen LogP contribution in [-0.2, 0) is 0 Å². The van der Waals surface area contributed by atoms with E-state index in [2.05, 4.69) is 39.7 Å². The van der Waals surface area contributed by atoms with Gasteiger partial charge in [-0.25, -0.2) is 9.97 Å². The molecule has 3 aromatic rings. The average Bonchev–Trinajstić information content (AvgIpc) is 3.03. The molecule has 1 aliphatic carbocycles. The van der Waals surface area contributed by atoms with Gasteiger partial charge in [0.05, 0.1) is 5.69 Å². The summed E-state index contributed by atoms with van der Waals surface area (Å²) >= 11 is 0. The number of hydrogen-bond donors (Lipinski definition) is 2. The quantitative estimate of drug-likeness (QED) is 0.543. The van der Waals surface area contributed by atoms with Gasteiger partial charge in [-0.1, -0.05) is 55.5 Å². The number of anilines is 2. The molecule has 5 heteroatoms. The first-order chi connectivity index (χ1) is 14.7. The Morgan fingerprint density at radius 2 is 1.73 bits per heavy atom. The van der Waals surface area contributed by atoms with E-state index in [-0.39, 0.29) is 11.9 Å². The highest BCUT2D eigenvalue weighted by molar-refractivity contribution is 5.95. The lowest BCUT2D eigenvalue weighted by molar-refractivity contribution is 0.0933. The highest BCUT2D eigenvalue weighted by Crippen LogP contribution is 2.23. The first-order valence-electron chi connectivity index (χ1n) is 10.7. The Labute approximate surface area is 178 Å². The van der Waals surface area contributed by atoms with Gasteiger partial charge in [0.15, 0.2) is 0 Å². The van der Waals surface area contributed by atoms with E-state index in [4.69, 9.17) is 0 Å². The van der Waals surface area contributed by atoms with E-state index in [0.29, 0.717) is 11.4 Å². The third-order valence-corrected chi connectivity index (χ3v) is 5.57. The van der Waals surface area contributed by atoms with Crippen molar-refractivity contribution >= 4 is 17.4 Å². The second-order valence-corrected chi connectivity index (χ2v) is 8.03. The highest BCUT2D eigenvalue weighted by Gasteiger charge is 2.16. The van der Waals surface area contributed by atoms with Gasteiger partial charge in [0.1, 0.15) is 12.1 Å². The first kappa shape index (κ1) is 20.1. The SMILES string of the molecule is Cc1cccc(-c2cc(Nc3cccc(C(=O)NC4CCCCCC4)c3)ncn2)c1. The van der Waals surface area contributed by atoms with E-state index in [9.17, 15) is 4.79 Å². The topological polar surface area (TPSA) is 66.9 Å². The monoisotopic (exact) mass is 400 g/mol. The van der Waals surface area contributed by atoms with Gasteiger partial charge in [0.25, 0.3) is 5.91 Å². The summed E-state index contributed by atoms with van der Waals surface area (Å²) in [5.74, 6) is 0.691. The molecule has 0 unspecified atom stereocenters. The van der Waals surface area contributed by atoms with Crippen LogP contribution in [0.25, 0.3) is 11.3 Å². The summed E-state index contributed by atoms with van der Waals surface area (Å²) in [5.41, 5.74) is 4.60. The average molecular weight is 401 g/mol.